The molecule has 0 amide bonds. The summed E-state index contributed by atoms with van der Waals surface area (Å²) in [5, 5.41) is 1.93. The van der Waals surface area contributed by atoms with Crippen molar-refractivity contribution in [2.24, 2.45) is 0 Å². The number of para-hydroxylation sites is 1. The highest BCUT2D eigenvalue weighted by Crippen LogP contribution is 2.38. The largest absolute Gasteiger partial charge is 0.384 e. The zero-order chi connectivity index (χ0) is 23.4. The van der Waals surface area contributed by atoms with Gasteiger partial charge < -0.3 is 15.3 Å². The summed E-state index contributed by atoms with van der Waals surface area (Å²) in [5.74, 6) is 0.358. The molecule has 0 atom stereocenters. The first-order valence-electron chi connectivity index (χ1n) is 11.5. The van der Waals surface area contributed by atoms with Crippen molar-refractivity contribution in [2.45, 2.75) is 32.7 Å². The highest BCUT2D eigenvalue weighted by atomic mass is 16.1. The number of rotatable bonds is 4. The molecule has 1 aliphatic rings. The fraction of sp³-hybridized carbons (Fsp3) is 0.179. The molecule has 168 valence electrons. The van der Waals surface area contributed by atoms with Gasteiger partial charge in [-0.05, 0) is 72.4 Å². The normalized spacial score (nSPS) is 13.0. The fourth-order valence-electron chi connectivity index (χ4n) is 5.41. The number of aryl methyl sites for hydroxylation is 2. The molecule has 0 unspecified atom stereocenters. The number of aromatic nitrogens is 3. The van der Waals surface area contributed by atoms with Gasteiger partial charge in [-0.3, -0.25) is 9.59 Å². The Morgan fingerprint density at radius 2 is 1.85 bits per heavy atom. The van der Waals surface area contributed by atoms with Crippen molar-refractivity contribution in [1.29, 1.82) is 0 Å². The number of nitrogens with one attached hydrogen (secondary N) is 1. The molecule has 5 aromatic rings. The molecule has 2 aromatic carbocycles. The smallest absolute Gasteiger partial charge is 0.255 e. The van der Waals surface area contributed by atoms with Crippen molar-refractivity contribution >= 4 is 33.4 Å². The molecule has 3 aromatic heterocycles. The summed E-state index contributed by atoms with van der Waals surface area (Å²) in [4.78, 5) is 33.2. The maximum absolute atomic E-state index is 13.1. The standard InChI is InChI=1S/C28H24N4O2/c1-16(33)27-26(21-9-5-11-30-28(21)34)22-12-17-6-4-7-18(17)13-24(22)32(27)15-19-14-25(29)31-23-10-3-2-8-20(19)23/h2-3,5,8-14H,4,6-7,15H2,1H3,(H2,29,31)(H,30,34). The number of ketones is 1. The van der Waals surface area contributed by atoms with Gasteiger partial charge in [-0.2, -0.15) is 0 Å². The summed E-state index contributed by atoms with van der Waals surface area (Å²) in [7, 11) is 0. The van der Waals surface area contributed by atoms with E-state index in [-0.39, 0.29) is 11.3 Å². The van der Waals surface area contributed by atoms with E-state index >= 15 is 0 Å². The number of carbonyl (C=O) groups is 1. The summed E-state index contributed by atoms with van der Waals surface area (Å²) >= 11 is 0. The highest BCUT2D eigenvalue weighted by Gasteiger charge is 2.26. The third-order valence-corrected chi connectivity index (χ3v) is 6.85. The van der Waals surface area contributed by atoms with Crippen LogP contribution in [0, 0.1) is 0 Å². The van der Waals surface area contributed by atoms with Crippen molar-refractivity contribution in [3.8, 4) is 11.1 Å². The molecule has 0 spiro atoms. The molecule has 6 nitrogen and oxygen atoms in total. The first-order valence-corrected chi connectivity index (χ1v) is 11.5. The lowest BCUT2D eigenvalue weighted by atomic mass is 9.99. The summed E-state index contributed by atoms with van der Waals surface area (Å²) in [6.07, 6.45) is 4.77. The second-order valence-corrected chi connectivity index (χ2v) is 8.99. The molecular formula is C28H24N4O2. The molecular weight excluding hydrogens is 424 g/mol. The number of nitrogen functional groups attached to an aromatic ring is 1. The minimum atomic E-state index is -0.205. The minimum absolute atomic E-state index is 0.0825. The quantitative estimate of drug-likeness (QED) is 0.384. The molecule has 3 heterocycles. The van der Waals surface area contributed by atoms with Gasteiger partial charge in [0, 0.05) is 47.1 Å². The predicted octanol–water partition coefficient (Wildman–Crippen LogP) is 4.87. The molecule has 0 fully saturated rings. The Bertz CT molecular complexity index is 1680. The summed E-state index contributed by atoms with van der Waals surface area (Å²) in [5.41, 5.74) is 13.1. The number of pyridine rings is 2. The number of hydrogen-bond acceptors (Lipinski definition) is 4. The van der Waals surface area contributed by atoms with Gasteiger partial charge in [0.15, 0.2) is 5.78 Å². The topological polar surface area (TPSA) is 93.8 Å². The number of anilines is 1. The van der Waals surface area contributed by atoms with Crippen LogP contribution in [0.2, 0.25) is 0 Å². The first-order chi connectivity index (χ1) is 16.5. The van der Waals surface area contributed by atoms with Crippen LogP contribution in [-0.2, 0) is 19.4 Å². The van der Waals surface area contributed by atoms with Crippen LogP contribution in [0.1, 0.15) is 40.5 Å². The maximum Gasteiger partial charge on any atom is 0.255 e. The monoisotopic (exact) mass is 448 g/mol. The van der Waals surface area contributed by atoms with E-state index < -0.39 is 0 Å². The van der Waals surface area contributed by atoms with Crippen LogP contribution in [-0.4, -0.2) is 20.3 Å². The molecule has 34 heavy (non-hydrogen) atoms. The summed E-state index contributed by atoms with van der Waals surface area (Å²) < 4.78 is 2.05. The number of nitrogens with zero attached hydrogens (tertiary/aromatic N) is 2. The van der Waals surface area contributed by atoms with E-state index in [9.17, 15) is 9.59 Å². The Morgan fingerprint density at radius 1 is 1.06 bits per heavy atom. The summed E-state index contributed by atoms with van der Waals surface area (Å²) in [6, 6.07) is 17.7. The van der Waals surface area contributed by atoms with Gasteiger partial charge in [0.05, 0.1) is 11.2 Å². The Balaban J connectivity index is 1.70. The molecule has 6 heteroatoms. The molecule has 0 aliphatic heterocycles. The number of Topliss-reactive ketones (excluding diaryl/α,β-unsaturated/α-hetero) is 1. The van der Waals surface area contributed by atoms with Crippen molar-refractivity contribution < 1.29 is 4.79 Å². The van der Waals surface area contributed by atoms with Gasteiger partial charge in [-0.15, -0.1) is 0 Å². The Hall–Kier alpha value is -4.19. The molecule has 0 saturated carbocycles. The molecule has 0 bridgehead atoms. The average Bonchev–Trinajstić information content (AvgIpc) is 3.40. The fourth-order valence-corrected chi connectivity index (χ4v) is 5.41. The average molecular weight is 449 g/mol. The molecule has 0 radical (unpaired) electrons. The molecule has 1 aliphatic carbocycles. The van der Waals surface area contributed by atoms with Gasteiger partial charge in [-0.1, -0.05) is 18.2 Å². The van der Waals surface area contributed by atoms with Crippen LogP contribution >= 0.6 is 0 Å². The van der Waals surface area contributed by atoms with E-state index in [0.717, 1.165) is 46.6 Å². The molecule has 6 rings (SSSR count). The van der Waals surface area contributed by atoms with Gasteiger partial charge in [0.25, 0.3) is 5.56 Å². The minimum Gasteiger partial charge on any atom is -0.384 e. The van der Waals surface area contributed by atoms with E-state index in [1.54, 1.807) is 25.3 Å². The SMILES string of the molecule is CC(=O)c1c(-c2ccc[nH]c2=O)c2cc3c(cc2n1Cc1cc(N)nc2ccccc12)CCC3. The Labute approximate surface area is 196 Å². The number of carbonyl (C=O) groups excluding carboxylic acids is 1. The van der Waals surface area contributed by atoms with E-state index in [1.165, 1.54) is 11.1 Å². The van der Waals surface area contributed by atoms with Crippen LogP contribution in [0.15, 0.2) is 65.6 Å². The second-order valence-electron chi connectivity index (χ2n) is 8.99. The summed E-state index contributed by atoms with van der Waals surface area (Å²) in [6.45, 7) is 2.01. The van der Waals surface area contributed by atoms with Crippen LogP contribution < -0.4 is 11.3 Å². The zero-order valence-electron chi connectivity index (χ0n) is 18.9. The number of aromatic amines is 1. The number of H-pyrrole nitrogens is 1. The lowest BCUT2D eigenvalue weighted by Crippen LogP contribution is -2.12. The zero-order valence-corrected chi connectivity index (χ0v) is 18.9. The van der Waals surface area contributed by atoms with Crippen molar-refractivity contribution in [3.63, 3.8) is 0 Å². The molecule has 0 saturated heterocycles. The van der Waals surface area contributed by atoms with Gasteiger partial charge >= 0.3 is 0 Å². The van der Waals surface area contributed by atoms with Crippen molar-refractivity contribution in [2.75, 3.05) is 5.73 Å². The number of benzene rings is 2. The second kappa shape index (κ2) is 7.70. The lowest BCUT2D eigenvalue weighted by molar-refractivity contribution is 0.101. The Kier molecular flexibility index (Phi) is 4.62. The predicted molar refractivity (Wildman–Crippen MR) is 135 cm³/mol. The number of nitrogens with two attached hydrogens (primary N) is 1. The van der Waals surface area contributed by atoms with Gasteiger partial charge in [0.1, 0.15) is 5.82 Å². The van der Waals surface area contributed by atoms with Gasteiger partial charge in [0.2, 0.25) is 0 Å². The van der Waals surface area contributed by atoms with Crippen molar-refractivity contribution in [3.05, 3.63) is 93.5 Å². The highest BCUT2D eigenvalue weighted by molar-refractivity contribution is 6.10. The maximum atomic E-state index is 13.1. The van der Waals surface area contributed by atoms with Crippen molar-refractivity contribution in [1.82, 2.24) is 14.5 Å². The molecule has 3 N–H and O–H groups in total. The number of hydrogen-bond donors (Lipinski definition) is 2. The van der Waals surface area contributed by atoms with Crippen LogP contribution in [0.4, 0.5) is 5.82 Å². The van der Waals surface area contributed by atoms with Crippen LogP contribution in [0.3, 0.4) is 0 Å². The van der Waals surface area contributed by atoms with Gasteiger partial charge in [-0.25, -0.2) is 4.98 Å². The number of fused-ring (bicyclic) bond motifs is 3. The Morgan fingerprint density at radius 3 is 2.65 bits per heavy atom. The third kappa shape index (κ3) is 3.14. The first kappa shape index (κ1) is 20.4. The van der Waals surface area contributed by atoms with E-state index in [0.29, 0.717) is 29.2 Å². The van der Waals surface area contributed by atoms with Crippen LogP contribution in [0.25, 0.3) is 32.9 Å². The van der Waals surface area contributed by atoms with E-state index in [1.807, 2.05) is 30.3 Å². The van der Waals surface area contributed by atoms with E-state index in [4.69, 9.17) is 5.73 Å². The van der Waals surface area contributed by atoms with E-state index in [2.05, 4.69) is 26.7 Å². The third-order valence-electron chi connectivity index (χ3n) is 6.85. The van der Waals surface area contributed by atoms with Crippen LogP contribution in [0.5, 0.6) is 0 Å². The lowest BCUT2D eigenvalue weighted by Gasteiger charge is -2.13.